The van der Waals surface area contributed by atoms with E-state index in [4.69, 9.17) is 14.2 Å². The average Bonchev–Trinajstić information content (AvgIpc) is 3.24. The molecule has 1 atom stereocenters. The molecular weight excluding hydrogens is 432 g/mol. The van der Waals surface area contributed by atoms with Gasteiger partial charge in [-0.1, -0.05) is 26.0 Å². The van der Waals surface area contributed by atoms with Crippen LogP contribution in [0, 0.1) is 5.92 Å². The molecule has 1 amide bonds. The topological polar surface area (TPSA) is 94.2 Å². The van der Waals surface area contributed by atoms with Crippen molar-refractivity contribution in [2.45, 2.75) is 33.2 Å². The SMILES string of the molecule is CCS(=O)(=O)N(CC(=O)N[C@H](CC(C)C)c1ccc(OC)cc1)c1ccc2c(c1)OCO2. The van der Waals surface area contributed by atoms with Gasteiger partial charge in [0.15, 0.2) is 11.5 Å². The summed E-state index contributed by atoms with van der Waals surface area (Å²) in [7, 11) is -2.10. The number of benzene rings is 2. The Bertz CT molecular complexity index is 1040. The molecule has 9 heteroatoms. The normalized spacial score (nSPS) is 13.7. The molecule has 8 nitrogen and oxygen atoms in total. The zero-order chi connectivity index (χ0) is 23.3. The zero-order valence-corrected chi connectivity index (χ0v) is 19.6. The Morgan fingerprint density at radius 1 is 1.12 bits per heavy atom. The molecule has 2 aromatic rings. The van der Waals surface area contributed by atoms with Gasteiger partial charge >= 0.3 is 0 Å². The second-order valence-corrected chi connectivity index (χ2v) is 10.1. The Morgan fingerprint density at radius 2 is 1.81 bits per heavy atom. The minimum atomic E-state index is -3.70. The molecule has 0 saturated heterocycles. The van der Waals surface area contributed by atoms with Gasteiger partial charge in [-0.05, 0) is 49.1 Å². The van der Waals surface area contributed by atoms with Crippen molar-refractivity contribution in [2.24, 2.45) is 5.92 Å². The van der Waals surface area contributed by atoms with Crippen molar-refractivity contribution in [1.82, 2.24) is 5.32 Å². The summed E-state index contributed by atoms with van der Waals surface area (Å²) in [4.78, 5) is 13.0. The number of rotatable bonds is 10. The second kappa shape index (κ2) is 10.1. The Balaban J connectivity index is 1.82. The van der Waals surface area contributed by atoms with E-state index >= 15 is 0 Å². The van der Waals surface area contributed by atoms with E-state index in [1.807, 2.05) is 24.3 Å². The van der Waals surface area contributed by atoms with Crippen LogP contribution >= 0.6 is 0 Å². The van der Waals surface area contributed by atoms with Gasteiger partial charge in [-0.15, -0.1) is 0 Å². The summed E-state index contributed by atoms with van der Waals surface area (Å²) in [6.45, 7) is 5.44. The monoisotopic (exact) mass is 462 g/mol. The number of anilines is 1. The van der Waals surface area contributed by atoms with E-state index in [1.165, 1.54) is 0 Å². The number of sulfonamides is 1. The molecule has 0 aliphatic carbocycles. The van der Waals surface area contributed by atoms with Crippen molar-refractivity contribution >= 4 is 21.6 Å². The van der Waals surface area contributed by atoms with Crippen LogP contribution in [0.4, 0.5) is 5.69 Å². The van der Waals surface area contributed by atoms with Crippen LogP contribution in [-0.4, -0.2) is 40.5 Å². The zero-order valence-electron chi connectivity index (χ0n) is 18.8. The molecule has 1 N–H and O–H groups in total. The maximum absolute atomic E-state index is 13.0. The lowest BCUT2D eigenvalue weighted by Gasteiger charge is -2.26. The maximum atomic E-state index is 13.0. The fraction of sp³-hybridized carbons (Fsp3) is 0.435. The van der Waals surface area contributed by atoms with E-state index in [0.717, 1.165) is 15.6 Å². The van der Waals surface area contributed by atoms with Crippen LogP contribution in [0.1, 0.15) is 38.8 Å². The van der Waals surface area contributed by atoms with Gasteiger partial charge in [-0.2, -0.15) is 0 Å². The maximum Gasteiger partial charge on any atom is 0.241 e. The molecule has 1 aliphatic heterocycles. The van der Waals surface area contributed by atoms with E-state index in [1.54, 1.807) is 32.2 Å². The van der Waals surface area contributed by atoms with Gasteiger partial charge in [0, 0.05) is 6.07 Å². The summed E-state index contributed by atoms with van der Waals surface area (Å²) >= 11 is 0. The molecule has 0 radical (unpaired) electrons. The number of fused-ring (bicyclic) bond motifs is 1. The van der Waals surface area contributed by atoms with Crippen LogP contribution < -0.4 is 23.8 Å². The van der Waals surface area contributed by atoms with Crippen molar-refractivity contribution in [3.63, 3.8) is 0 Å². The van der Waals surface area contributed by atoms with Crippen LogP contribution in [0.25, 0.3) is 0 Å². The summed E-state index contributed by atoms with van der Waals surface area (Å²) in [5.41, 5.74) is 1.29. The smallest absolute Gasteiger partial charge is 0.241 e. The van der Waals surface area contributed by atoms with Gasteiger partial charge in [-0.3, -0.25) is 9.10 Å². The highest BCUT2D eigenvalue weighted by atomic mass is 32.2. The highest BCUT2D eigenvalue weighted by molar-refractivity contribution is 7.92. The number of ether oxygens (including phenoxy) is 3. The molecule has 0 spiro atoms. The van der Waals surface area contributed by atoms with Crippen LogP contribution in [0.2, 0.25) is 0 Å². The molecule has 3 rings (SSSR count). The van der Waals surface area contributed by atoms with Crippen LogP contribution in [0.5, 0.6) is 17.2 Å². The third kappa shape index (κ3) is 5.64. The molecule has 1 aliphatic rings. The van der Waals surface area contributed by atoms with E-state index in [2.05, 4.69) is 19.2 Å². The average molecular weight is 463 g/mol. The summed E-state index contributed by atoms with van der Waals surface area (Å²) in [6, 6.07) is 12.1. The summed E-state index contributed by atoms with van der Waals surface area (Å²) in [5, 5.41) is 3.01. The number of nitrogens with zero attached hydrogens (tertiary/aromatic N) is 1. The van der Waals surface area contributed by atoms with Gasteiger partial charge < -0.3 is 19.5 Å². The van der Waals surface area contributed by atoms with Crippen molar-refractivity contribution in [2.75, 3.05) is 30.5 Å². The molecular formula is C23H30N2O6S. The second-order valence-electron chi connectivity index (χ2n) is 7.97. The summed E-state index contributed by atoms with van der Waals surface area (Å²) < 4.78 is 42.6. The molecule has 174 valence electrons. The first-order valence-corrected chi connectivity index (χ1v) is 12.2. The van der Waals surface area contributed by atoms with E-state index in [0.29, 0.717) is 29.5 Å². The third-order valence-corrected chi connectivity index (χ3v) is 6.93. The fourth-order valence-electron chi connectivity index (χ4n) is 3.50. The van der Waals surface area contributed by atoms with Gasteiger partial charge in [-0.25, -0.2) is 8.42 Å². The standard InChI is InChI=1S/C23H30N2O6S/c1-5-32(27,28)25(18-8-11-21-22(13-18)31-15-30-21)14-23(26)24-20(12-16(2)3)17-6-9-19(29-4)10-7-17/h6-11,13,16,20H,5,12,14-15H2,1-4H3,(H,24,26)/t20-/m1/s1. The molecule has 0 saturated carbocycles. The molecule has 1 heterocycles. The minimum Gasteiger partial charge on any atom is -0.497 e. The number of carbonyl (C=O) groups excluding carboxylic acids is 1. The molecule has 0 fully saturated rings. The number of methoxy groups -OCH3 is 1. The number of hydrogen-bond donors (Lipinski definition) is 1. The largest absolute Gasteiger partial charge is 0.497 e. The van der Waals surface area contributed by atoms with Gasteiger partial charge in [0.2, 0.25) is 22.7 Å². The predicted molar refractivity (Wildman–Crippen MR) is 123 cm³/mol. The first-order valence-electron chi connectivity index (χ1n) is 10.6. The van der Waals surface area contributed by atoms with E-state index < -0.39 is 10.0 Å². The van der Waals surface area contributed by atoms with Crippen LogP contribution in [0.3, 0.4) is 0 Å². The van der Waals surface area contributed by atoms with E-state index in [9.17, 15) is 13.2 Å². The van der Waals surface area contributed by atoms with Gasteiger partial charge in [0.1, 0.15) is 12.3 Å². The lowest BCUT2D eigenvalue weighted by atomic mass is 9.97. The Labute approximate surface area is 189 Å². The van der Waals surface area contributed by atoms with Crippen molar-refractivity contribution in [3.8, 4) is 17.2 Å². The number of hydrogen-bond acceptors (Lipinski definition) is 6. The van der Waals surface area contributed by atoms with Crippen molar-refractivity contribution < 1.29 is 27.4 Å². The highest BCUT2D eigenvalue weighted by Gasteiger charge is 2.27. The van der Waals surface area contributed by atoms with E-state index in [-0.39, 0.29) is 31.0 Å². The lowest BCUT2D eigenvalue weighted by molar-refractivity contribution is -0.120. The molecule has 2 aromatic carbocycles. The number of nitrogens with one attached hydrogen (secondary N) is 1. The van der Waals surface area contributed by atoms with Crippen LogP contribution in [0.15, 0.2) is 42.5 Å². The third-order valence-electron chi connectivity index (χ3n) is 5.19. The van der Waals surface area contributed by atoms with Crippen molar-refractivity contribution in [3.05, 3.63) is 48.0 Å². The van der Waals surface area contributed by atoms with Crippen LogP contribution in [-0.2, 0) is 14.8 Å². The molecule has 32 heavy (non-hydrogen) atoms. The molecule has 0 aromatic heterocycles. The molecule has 0 unspecified atom stereocenters. The van der Waals surface area contributed by atoms with Gasteiger partial charge in [0.05, 0.1) is 24.6 Å². The van der Waals surface area contributed by atoms with Gasteiger partial charge in [0.25, 0.3) is 0 Å². The highest BCUT2D eigenvalue weighted by Crippen LogP contribution is 2.36. The Kier molecular flexibility index (Phi) is 7.50. The minimum absolute atomic E-state index is 0.0819. The first kappa shape index (κ1) is 23.7. The lowest BCUT2D eigenvalue weighted by Crippen LogP contribution is -2.42. The Hall–Kier alpha value is -2.94. The predicted octanol–water partition coefficient (Wildman–Crippen LogP) is 3.48. The molecule has 0 bridgehead atoms. The summed E-state index contributed by atoms with van der Waals surface area (Å²) in [5.74, 6) is 1.53. The fourth-order valence-corrected chi connectivity index (χ4v) is 4.56. The first-order chi connectivity index (χ1) is 15.2. The quantitative estimate of drug-likeness (QED) is 0.581. The summed E-state index contributed by atoms with van der Waals surface area (Å²) in [6.07, 6.45) is 0.711. The number of carbonyl (C=O) groups is 1. The Morgan fingerprint density at radius 3 is 2.44 bits per heavy atom. The number of amides is 1. The van der Waals surface area contributed by atoms with Crippen molar-refractivity contribution in [1.29, 1.82) is 0 Å².